The molecule has 0 saturated heterocycles. The number of hydrogen-bond acceptors (Lipinski definition) is 4. The molecule has 2 aliphatic heterocycles. The van der Waals surface area contributed by atoms with E-state index >= 15 is 0 Å². The summed E-state index contributed by atoms with van der Waals surface area (Å²) < 4.78 is 2.79. The zero-order valence-corrected chi connectivity index (χ0v) is 59.2. The standard InChI is InChI=1S/C85H98BN3S/c1-51-23-22-24-52(2)74(51)54-44-62-61-35-33-59(87(57-29-25-55(26-30-57)78(4,5)6)58-31-27-56(28-32-58)79(7,8)9)47-71(61)89(60-34-36-64-66(46-60)82(14,15)38-37-80(64,10)11)86-75(62)72(45-54)88(70-49-68-65(43-53(70)3)81(12,13)39-41-84(68,18)19)76-63-48-67-69(50-73(63)90-77(76)86)85(20,21)42-40-83(67,16)17/h22-36,43-50H,37-42H2,1-21H3. The highest BCUT2D eigenvalue weighted by Crippen LogP contribution is 2.58. The van der Waals surface area contributed by atoms with E-state index in [-0.39, 0.29) is 50.2 Å². The number of rotatable bonds is 6. The van der Waals surface area contributed by atoms with E-state index in [0.717, 1.165) is 36.3 Å². The van der Waals surface area contributed by atoms with Gasteiger partial charge < -0.3 is 14.6 Å². The lowest BCUT2D eigenvalue weighted by molar-refractivity contribution is 0.332. The van der Waals surface area contributed by atoms with Crippen LogP contribution in [0.2, 0.25) is 0 Å². The van der Waals surface area contributed by atoms with E-state index in [0.29, 0.717) is 0 Å². The minimum atomic E-state index is -0.164. The summed E-state index contributed by atoms with van der Waals surface area (Å²) in [4.78, 5) is 8.18. The second-order valence-electron chi connectivity index (χ2n) is 34.4. The predicted octanol–water partition coefficient (Wildman–Crippen LogP) is 23.3. The van der Waals surface area contributed by atoms with Gasteiger partial charge >= 0.3 is 6.85 Å². The maximum Gasteiger partial charge on any atom is 0.343 e. The van der Waals surface area contributed by atoms with Gasteiger partial charge in [0.15, 0.2) is 0 Å². The molecule has 90 heavy (non-hydrogen) atoms. The van der Waals surface area contributed by atoms with E-state index < -0.39 is 0 Å². The molecule has 3 heterocycles. The highest BCUT2D eigenvalue weighted by Gasteiger charge is 2.50. The molecule has 14 rings (SSSR count). The highest BCUT2D eigenvalue weighted by molar-refractivity contribution is 7.32. The van der Waals surface area contributed by atoms with Crippen molar-refractivity contribution in [2.75, 3.05) is 14.6 Å². The van der Waals surface area contributed by atoms with Crippen LogP contribution in [0.15, 0.2) is 140 Å². The molecule has 0 atom stereocenters. The van der Waals surface area contributed by atoms with Crippen molar-refractivity contribution < 1.29 is 0 Å². The molecule has 0 N–H and O–H groups in total. The van der Waals surface area contributed by atoms with Gasteiger partial charge in [-0.1, -0.05) is 185 Å². The Balaban J connectivity index is 1.14. The Hall–Kier alpha value is -6.82. The molecule has 0 unspecified atom stereocenters. The number of benzene rings is 8. The maximum absolute atomic E-state index is 2.84. The third kappa shape index (κ3) is 9.52. The number of hydrogen-bond donors (Lipinski definition) is 0. The van der Waals surface area contributed by atoms with Gasteiger partial charge in [-0.2, -0.15) is 0 Å². The fourth-order valence-electron chi connectivity index (χ4n) is 16.9. The van der Waals surface area contributed by atoms with Crippen molar-refractivity contribution in [1.29, 1.82) is 0 Å². The quantitative estimate of drug-likeness (QED) is 0.154. The average Bonchev–Trinajstić information content (AvgIpc) is 1.28. The van der Waals surface area contributed by atoms with Crippen LogP contribution in [0, 0.1) is 20.8 Å². The first-order chi connectivity index (χ1) is 42.1. The van der Waals surface area contributed by atoms with Crippen molar-refractivity contribution in [3.05, 3.63) is 201 Å². The lowest BCUT2D eigenvalue weighted by atomic mass is 9.46. The predicted molar refractivity (Wildman–Crippen MR) is 393 cm³/mol. The highest BCUT2D eigenvalue weighted by atomic mass is 32.1. The van der Waals surface area contributed by atoms with Gasteiger partial charge in [0.1, 0.15) is 0 Å². The summed E-state index contributed by atoms with van der Waals surface area (Å²) in [5.74, 6) is 0. The first-order valence-electron chi connectivity index (χ1n) is 34.0. The summed E-state index contributed by atoms with van der Waals surface area (Å²) in [6.07, 6.45) is 6.98. The summed E-state index contributed by atoms with van der Waals surface area (Å²) in [6.45, 7) is 50.8. The van der Waals surface area contributed by atoms with Gasteiger partial charge in [-0.05, 0) is 265 Å². The van der Waals surface area contributed by atoms with Gasteiger partial charge in [-0.15, -0.1) is 11.3 Å². The van der Waals surface area contributed by atoms with Crippen LogP contribution < -0.4 is 24.9 Å². The third-order valence-corrected chi connectivity index (χ3v) is 24.3. The Morgan fingerprint density at radius 1 is 0.422 bits per heavy atom. The molecule has 0 amide bonds. The molecule has 5 aliphatic rings. The fourth-order valence-corrected chi connectivity index (χ4v) is 18.2. The van der Waals surface area contributed by atoms with E-state index in [1.54, 1.807) is 0 Å². The van der Waals surface area contributed by atoms with Gasteiger partial charge in [0.2, 0.25) is 0 Å². The minimum Gasteiger partial charge on any atom is -0.376 e. The van der Waals surface area contributed by atoms with Gasteiger partial charge in [0.25, 0.3) is 0 Å². The van der Waals surface area contributed by atoms with Gasteiger partial charge in [0, 0.05) is 60.2 Å². The molecule has 0 bridgehead atoms. The second kappa shape index (κ2) is 20.1. The van der Waals surface area contributed by atoms with Crippen molar-refractivity contribution in [1.82, 2.24) is 0 Å². The summed E-state index contributed by atoms with van der Waals surface area (Å²) in [5, 5.41) is 1.37. The third-order valence-electron chi connectivity index (χ3n) is 23.1. The van der Waals surface area contributed by atoms with Crippen molar-refractivity contribution in [3.8, 4) is 22.3 Å². The molecule has 0 fully saturated rings. The molecule has 3 nitrogen and oxygen atoms in total. The Kier molecular flexibility index (Phi) is 13.6. The lowest BCUT2D eigenvalue weighted by Crippen LogP contribution is -2.60. The number of fused-ring (bicyclic) bond motifs is 9. The summed E-state index contributed by atoms with van der Waals surface area (Å²) in [6, 6.07) is 56.8. The molecule has 462 valence electrons. The average molecular weight is 1200 g/mol. The molecular formula is C85H98BN3S. The molecule has 3 aliphatic carbocycles. The van der Waals surface area contributed by atoms with Crippen LogP contribution in [-0.2, 0) is 43.3 Å². The molecular weight excluding hydrogens is 1110 g/mol. The second-order valence-corrected chi connectivity index (χ2v) is 35.5. The Morgan fingerprint density at radius 2 is 0.900 bits per heavy atom. The van der Waals surface area contributed by atoms with Crippen molar-refractivity contribution in [3.63, 3.8) is 0 Å². The van der Waals surface area contributed by atoms with E-state index in [4.69, 9.17) is 0 Å². The molecule has 0 radical (unpaired) electrons. The van der Waals surface area contributed by atoms with Crippen molar-refractivity contribution in [2.24, 2.45) is 0 Å². The molecule has 0 spiro atoms. The molecule has 1 aromatic heterocycles. The van der Waals surface area contributed by atoms with Crippen LogP contribution in [-0.4, -0.2) is 6.85 Å². The first-order valence-corrected chi connectivity index (χ1v) is 34.8. The smallest absolute Gasteiger partial charge is 0.343 e. The molecule has 5 heteroatoms. The number of nitrogens with zero attached hydrogens (tertiary/aromatic N) is 3. The zero-order chi connectivity index (χ0) is 64.1. The van der Waals surface area contributed by atoms with Crippen molar-refractivity contribution >= 4 is 84.0 Å². The largest absolute Gasteiger partial charge is 0.376 e. The van der Waals surface area contributed by atoms with Crippen molar-refractivity contribution in [2.45, 2.75) is 227 Å². The van der Waals surface area contributed by atoms with Crippen LogP contribution in [0.4, 0.5) is 45.5 Å². The maximum atomic E-state index is 2.84. The Morgan fingerprint density at radius 3 is 1.43 bits per heavy atom. The number of aryl methyl sites for hydroxylation is 3. The van der Waals surface area contributed by atoms with Gasteiger partial charge in [0.05, 0.1) is 5.69 Å². The van der Waals surface area contributed by atoms with Crippen LogP contribution in [0.25, 0.3) is 32.3 Å². The van der Waals surface area contributed by atoms with Crippen LogP contribution >= 0.6 is 11.3 Å². The van der Waals surface area contributed by atoms with Crippen LogP contribution in [0.3, 0.4) is 0 Å². The molecule has 8 aromatic carbocycles. The summed E-state index contributed by atoms with van der Waals surface area (Å²) in [5.41, 5.74) is 32.2. The van der Waals surface area contributed by atoms with E-state index in [1.165, 1.54) is 151 Å². The van der Waals surface area contributed by atoms with E-state index in [2.05, 4.69) is 311 Å². The summed E-state index contributed by atoms with van der Waals surface area (Å²) >= 11 is 2.07. The first kappa shape index (κ1) is 60.7. The SMILES string of the molecule is Cc1cc2c(cc1N1c3cc(-c4c(C)cccc4C)cc4c3B(c3sc5cc6c(cc5c31)C(C)(C)CCC6(C)C)N(c1ccc3c(c1)C(C)(C)CCC3(C)C)c1cc(N(c3ccc(C(C)(C)C)cc3)c3ccc(C(C)(C)C)cc3)ccc1-4)C(C)(C)CCC2(C)C. The zero-order valence-electron chi connectivity index (χ0n) is 58.3. The number of thiophene rings is 1. The fraction of sp³-hybridized carbons (Fsp3) is 0.412. The molecule has 0 saturated carbocycles. The normalized spacial score (nSPS) is 18.7. The van der Waals surface area contributed by atoms with E-state index in [1.807, 2.05) is 0 Å². The Labute approximate surface area is 545 Å². The lowest BCUT2D eigenvalue weighted by Gasteiger charge is -2.47. The van der Waals surface area contributed by atoms with Crippen LogP contribution in [0.1, 0.15) is 224 Å². The van der Waals surface area contributed by atoms with E-state index in [9.17, 15) is 0 Å². The summed E-state index contributed by atoms with van der Waals surface area (Å²) in [7, 11) is 0. The van der Waals surface area contributed by atoms with Gasteiger partial charge in [-0.3, -0.25) is 0 Å². The van der Waals surface area contributed by atoms with Crippen LogP contribution in [0.5, 0.6) is 0 Å². The minimum absolute atomic E-state index is 0.00291. The topological polar surface area (TPSA) is 9.72 Å². The Bertz CT molecular complexity index is 4350. The number of anilines is 8. The van der Waals surface area contributed by atoms with Gasteiger partial charge in [-0.25, -0.2) is 0 Å². The molecule has 9 aromatic rings. The monoisotopic (exact) mass is 1200 g/mol.